The van der Waals surface area contributed by atoms with E-state index in [4.69, 9.17) is 11.3 Å². The monoisotopic (exact) mass is 408 g/mol. The van der Waals surface area contributed by atoms with Gasteiger partial charge in [-0.3, -0.25) is 0 Å². The van der Waals surface area contributed by atoms with Crippen LogP contribution in [0.5, 0.6) is 0 Å². The van der Waals surface area contributed by atoms with E-state index in [9.17, 15) is 5.26 Å². The SMILES string of the molecule is [2H]c1c([2H])c([2H])c(-c2cc(C#N)cc3c2oc2c(-c4cc(C)cc[n+]4C)c(C)cc(C)c23)c([2H])c1[2H]. The largest absolute Gasteiger partial charge is 0.454 e. The fourth-order valence-corrected chi connectivity index (χ4v) is 4.29. The van der Waals surface area contributed by atoms with Crippen molar-refractivity contribution in [3.8, 4) is 28.5 Å². The molecule has 0 aliphatic carbocycles. The molecule has 0 fully saturated rings. The Bertz CT molecular complexity index is 1770. The highest BCUT2D eigenvalue weighted by Crippen LogP contribution is 2.42. The van der Waals surface area contributed by atoms with Crippen LogP contribution in [-0.2, 0) is 7.05 Å². The zero-order valence-corrected chi connectivity index (χ0v) is 17.8. The molecule has 0 unspecified atom stereocenters. The number of rotatable bonds is 2. The summed E-state index contributed by atoms with van der Waals surface area (Å²) in [5, 5.41) is 11.3. The second-order valence-corrected chi connectivity index (χ2v) is 7.90. The van der Waals surface area contributed by atoms with E-state index in [1.165, 1.54) is 6.07 Å². The molecule has 5 aromatic rings. The number of furan rings is 1. The van der Waals surface area contributed by atoms with Gasteiger partial charge in [-0.1, -0.05) is 36.3 Å². The molecule has 31 heavy (non-hydrogen) atoms. The van der Waals surface area contributed by atoms with Crippen LogP contribution in [0.4, 0.5) is 0 Å². The van der Waals surface area contributed by atoms with Gasteiger partial charge in [0.15, 0.2) is 6.20 Å². The van der Waals surface area contributed by atoms with Crippen LogP contribution in [0, 0.1) is 32.1 Å². The quantitative estimate of drug-likeness (QED) is 0.311. The summed E-state index contributed by atoms with van der Waals surface area (Å²) in [6.07, 6.45) is 1.99. The Kier molecular flexibility index (Phi) is 3.25. The lowest BCUT2D eigenvalue weighted by molar-refractivity contribution is -0.660. The van der Waals surface area contributed by atoms with E-state index in [1.807, 2.05) is 44.6 Å². The summed E-state index contributed by atoms with van der Waals surface area (Å²) < 4.78 is 49.8. The summed E-state index contributed by atoms with van der Waals surface area (Å²) in [6, 6.07) is 9.62. The second-order valence-electron chi connectivity index (χ2n) is 7.90. The fourth-order valence-electron chi connectivity index (χ4n) is 4.29. The van der Waals surface area contributed by atoms with Crippen LogP contribution in [0.15, 0.2) is 71.2 Å². The second kappa shape index (κ2) is 7.11. The molecule has 0 spiro atoms. The third-order valence-electron chi connectivity index (χ3n) is 5.70. The molecule has 150 valence electrons. The molecule has 0 amide bonds. The van der Waals surface area contributed by atoms with Crippen molar-refractivity contribution in [3.05, 3.63) is 89.0 Å². The van der Waals surface area contributed by atoms with Gasteiger partial charge in [0.2, 0.25) is 5.69 Å². The highest BCUT2D eigenvalue weighted by molar-refractivity contribution is 6.15. The van der Waals surface area contributed by atoms with Gasteiger partial charge >= 0.3 is 0 Å². The molecule has 0 radical (unpaired) electrons. The predicted molar refractivity (Wildman–Crippen MR) is 125 cm³/mol. The van der Waals surface area contributed by atoms with Crippen LogP contribution in [0.3, 0.4) is 0 Å². The topological polar surface area (TPSA) is 40.8 Å². The highest BCUT2D eigenvalue weighted by Gasteiger charge is 2.24. The number of pyridine rings is 1. The molecule has 3 aromatic carbocycles. The van der Waals surface area contributed by atoms with E-state index in [1.54, 1.807) is 6.07 Å². The van der Waals surface area contributed by atoms with Crippen molar-refractivity contribution in [2.24, 2.45) is 7.05 Å². The standard InChI is InChI=1S/C28H23N2O/c1-17-10-11-30(4)24(12-17)26-19(3)13-18(2)25-23-15-20(16-29)14-22(27(23)31-28(25)26)21-8-6-5-7-9-21/h5-15H,1-4H3/q+1/i5D,6D,7D,8D,9D. The van der Waals surface area contributed by atoms with Crippen LogP contribution < -0.4 is 4.57 Å². The van der Waals surface area contributed by atoms with Gasteiger partial charge in [-0.25, -0.2) is 4.57 Å². The normalized spacial score (nSPS) is 13.5. The van der Waals surface area contributed by atoms with Crippen LogP contribution in [0.25, 0.3) is 44.3 Å². The minimum absolute atomic E-state index is 0.0131. The van der Waals surface area contributed by atoms with Gasteiger partial charge < -0.3 is 4.42 Å². The molecule has 0 aliphatic heterocycles. The van der Waals surface area contributed by atoms with E-state index in [0.29, 0.717) is 27.7 Å². The van der Waals surface area contributed by atoms with E-state index in [0.717, 1.165) is 33.3 Å². The Morgan fingerprint density at radius 3 is 2.48 bits per heavy atom. The molecule has 5 rings (SSSR count). The Labute approximate surface area is 188 Å². The average Bonchev–Trinajstić information content (AvgIpc) is 3.23. The maximum absolute atomic E-state index is 9.80. The first kappa shape index (κ1) is 14.2. The zero-order chi connectivity index (χ0) is 26.0. The van der Waals surface area contributed by atoms with Crippen molar-refractivity contribution in [2.45, 2.75) is 20.8 Å². The Morgan fingerprint density at radius 1 is 0.968 bits per heavy atom. The Hall–Kier alpha value is -3.90. The Morgan fingerprint density at radius 2 is 1.74 bits per heavy atom. The zero-order valence-electron chi connectivity index (χ0n) is 22.8. The molecule has 0 saturated carbocycles. The molecule has 0 N–H and O–H groups in total. The molecule has 0 aliphatic rings. The minimum Gasteiger partial charge on any atom is -0.454 e. The first-order valence-electron chi connectivity index (χ1n) is 12.5. The molecular weight excluding hydrogens is 380 g/mol. The molecule has 3 heteroatoms. The number of nitrogens with zero attached hydrogens (tertiary/aromatic N) is 2. The molecule has 0 atom stereocenters. The first-order chi connectivity index (χ1) is 17.0. The summed E-state index contributed by atoms with van der Waals surface area (Å²) in [5.74, 6) is 0. The van der Waals surface area contributed by atoms with E-state index < -0.39 is 18.1 Å². The molecule has 0 bridgehead atoms. The van der Waals surface area contributed by atoms with Crippen molar-refractivity contribution < 1.29 is 15.8 Å². The summed E-state index contributed by atoms with van der Waals surface area (Å²) in [4.78, 5) is 0. The number of nitriles is 1. The third kappa shape index (κ3) is 3.00. The molecule has 3 nitrogen and oxygen atoms in total. The van der Waals surface area contributed by atoms with Gasteiger partial charge in [0.05, 0.1) is 24.0 Å². The lowest BCUT2D eigenvalue weighted by Gasteiger charge is -2.08. The fraction of sp³-hybridized carbons (Fsp3) is 0.143. The predicted octanol–water partition coefficient (Wildman–Crippen LogP) is 6.54. The number of aromatic nitrogens is 1. The van der Waals surface area contributed by atoms with Crippen molar-refractivity contribution in [2.75, 3.05) is 0 Å². The average molecular weight is 409 g/mol. The third-order valence-corrected chi connectivity index (χ3v) is 5.70. The Balaban J connectivity index is 2.00. The summed E-state index contributed by atoms with van der Waals surface area (Å²) in [5.41, 5.74) is 6.58. The lowest BCUT2D eigenvalue weighted by Crippen LogP contribution is -2.30. The number of fused-ring (bicyclic) bond motifs is 3. The number of hydrogen-bond donors (Lipinski definition) is 0. The van der Waals surface area contributed by atoms with E-state index >= 15 is 0 Å². The van der Waals surface area contributed by atoms with E-state index in [-0.39, 0.29) is 17.6 Å². The van der Waals surface area contributed by atoms with Gasteiger partial charge in [-0.2, -0.15) is 5.26 Å². The van der Waals surface area contributed by atoms with Gasteiger partial charge in [-0.15, -0.1) is 0 Å². The van der Waals surface area contributed by atoms with Crippen LogP contribution in [0.2, 0.25) is 0 Å². The minimum atomic E-state index is -0.466. The maximum Gasteiger partial charge on any atom is 0.216 e. The number of benzene rings is 3. The molecular formula is C28H23N2O+. The number of aryl methyl sites for hydroxylation is 4. The van der Waals surface area contributed by atoms with Gasteiger partial charge in [0.1, 0.15) is 18.2 Å². The summed E-state index contributed by atoms with van der Waals surface area (Å²) >= 11 is 0. The van der Waals surface area contributed by atoms with Crippen molar-refractivity contribution >= 4 is 21.9 Å². The summed E-state index contributed by atoms with van der Waals surface area (Å²) in [6.45, 7) is 6.03. The van der Waals surface area contributed by atoms with Crippen LogP contribution >= 0.6 is 0 Å². The van der Waals surface area contributed by atoms with Crippen molar-refractivity contribution in [3.63, 3.8) is 0 Å². The number of hydrogen-bond acceptors (Lipinski definition) is 2. The molecule has 0 saturated heterocycles. The smallest absolute Gasteiger partial charge is 0.216 e. The van der Waals surface area contributed by atoms with Crippen molar-refractivity contribution in [1.29, 1.82) is 5.26 Å². The van der Waals surface area contributed by atoms with Gasteiger partial charge in [0, 0.05) is 28.5 Å². The van der Waals surface area contributed by atoms with Crippen LogP contribution in [0.1, 0.15) is 29.1 Å². The lowest BCUT2D eigenvalue weighted by atomic mass is 9.94. The van der Waals surface area contributed by atoms with Gasteiger partial charge in [-0.05, 0) is 55.2 Å². The van der Waals surface area contributed by atoms with Crippen molar-refractivity contribution in [1.82, 2.24) is 0 Å². The highest BCUT2D eigenvalue weighted by atomic mass is 16.3. The molecule has 2 heterocycles. The maximum atomic E-state index is 9.80. The van der Waals surface area contributed by atoms with Crippen LogP contribution in [-0.4, -0.2) is 0 Å². The molecule has 2 aromatic heterocycles. The first-order valence-corrected chi connectivity index (χ1v) is 9.99. The van der Waals surface area contributed by atoms with Gasteiger partial charge in [0.25, 0.3) is 0 Å². The summed E-state index contributed by atoms with van der Waals surface area (Å²) in [7, 11) is 1.97. The van der Waals surface area contributed by atoms with E-state index in [2.05, 4.69) is 18.2 Å².